The van der Waals surface area contributed by atoms with Crippen molar-refractivity contribution >= 4 is 17.6 Å². The highest BCUT2D eigenvalue weighted by molar-refractivity contribution is 6.07. The monoisotopic (exact) mass is 330 g/mol. The largest absolute Gasteiger partial charge is 0.354 e. The molecule has 0 spiro atoms. The van der Waals surface area contributed by atoms with E-state index < -0.39 is 0 Å². The third-order valence-corrected chi connectivity index (χ3v) is 4.36. The lowest BCUT2D eigenvalue weighted by Crippen LogP contribution is -2.44. The van der Waals surface area contributed by atoms with E-state index in [2.05, 4.69) is 10.6 Å². The van der Waals surface area contributed by atoms with Crippen LogP contribution in [0.3, 0.4) is 0 Å². The van der Waals surface area contributed by atoms with E-state index in [0.717, 1.165) is 19.3 Å². The summed E-state index contributed by atoms with van der Waals surface area (Å²) < 4.78 is 0. The molecule has 0 aromatic heterocycles. The predicted molar refractivity (Wildman–Crippen MR) is 92.9 cm³/mol. The van der Waals surface area contributed by atoms with E-state index in [1.807, 2.05) is 13.8 Å². The Morgan fingerprint density at radius 1 is 1.08 bits per heavy atom. The van der Waals surface area contributed by atoms with Crippen molar-refractivity contribution in [3.8, 4) is 0 Å². The number of ketones is 1. The lowest BCUT2D eigenvalue weighted by atomic mass is 9.84. The molecule has 2 atom stereocenters. The molecule has 5 nitrogen and oxygen atoms in total. The van der Waals surface area contributed by atoms with Gasteiger partial charge in [0.2, 0.25) is 5.91 Å². The summed E-state index contributed by atoms with van der Waals surface area (Å²) >= 11 is 0. The average molecular weight is 330 g/mol. The van der Waals surface area contributed by atoms with Gasteiger partial charge < -0.3 is 10.6 Å². The van der Waals surface area contributed by atoms with Gasteiger partial charge in [0.25, 0.3) is 5.91 Å². The third-order valence-electron chi connectivity index (χ3n) is 4.36. The van der Waals surface area contributed by atoms with Crippen LogP contribution in [0.25, 0.3) is 0 Å². The zero-order valence-electron chi connectivity index (χ0n) is 14.6. The van der Waals surface area contributed by atoms with E-state index in [-0.39, 0.29) is 35.6 Å². The van der Waals surface area contributed by atoms with Crippen LogP contribution in [0.2, 0.25) is 0 Å². The number of carbonyl (C=O) groups is 3. The van der Waals surface area contributed by atoms with Gasteiger partial charge in [-0.25, -0.2) is 0 Å². The molecule has 130 valence electrons. The zero-order chi connectivity index (χ0) is 17.7. The first-order chi connectivity index (χ1) is 11.4. The summed E-state index contributed by atoms with van der Waals surface area (Å²) in [5.41, 5.74) is 0.832. The van der Waals surface area contributed by atoms with E-state index in [1.54, 1.807) is 24.3 Å². The molecule has 2 N–H and O–H groups in total. The van der Waals surface area contributed by atoms with Crippen LogP contribution in [-0.2, 0) is 4.79 Å². The molecule has 1 aromatic rings. The molecule has 0 heterocycles. The highest BCUT2D eigenvalue weighted by Gasteiger charge is 2.29. The summed E-state index contributed by atoms with van der Waals surface area (Å²) in [6.45, 7) is 5.34. The van der Waals surface area contributed by atoms with Gasteiger partial charge in [-0.05, 0) is 46.1 Å². The van der Waals surface area contributed by atoms with Crippen molar-refractivity contribution in [1.82, 2.24) is 10.6 Å². The molecule has 1 saturated carbocycles. The molecule has 0 radical (unpaired) electrons. The van der Waals surface area contributed by atoms with Crippen LogP contribution in [0.1, 0.15) is 67.2 Å². The van der Waals surface area contributed by atoms with Crippen LogP contribution >= 0.6 is 0 Å². The summed E-state index contributed by atoms with van der Waals surface area (Å²) in [6, 6.07) is 6.92. The molecule has 1 aromatic carbocycles. The lowest BCUT2D eigenvalue weighted by molar-refractivity contribution is -0.126. The van der Waals surface area contributed by atoms with Crippen LogP contribution in [0.4, 0.5) is 0 Å². The van der Waals surface area contributed by atoms with E-state index in [4.69, 9.17) is 0 Å². The van der Waals surface area contributed by atoms with Crippen molar-refractivity contribution in [2.45, 2.75) is 58.5 Å². The van der Waals surface area contributed by atoms with Crippen molar-refractivity contribution in [3.05, 3.63) is 35.4 Å². The molecule has 5 heteroatoms. The standard InChI is InChI=1S/C19H26N2O3/c1-12(2)20-18(23)14-7-6-8-15(11-14)21-19(24)17-10-5-4-9-16(17)13(3)22/h4-5,9-10,12,14-15H,6-8,11H2,1-3H3,(H,20,23)(H,21,24)/t14-,15-/m1/s1. The van der Waals surface area contributed by atoms with Gasteiger partial charge in [-0.3, -0.25) is 14.4 Å². The normalized spacial score (nSPS) is 20.5. The van der Waals surface area contributed by atoms with E-state index in [0.29, 0.717) is 17.5 Å². The molecule has 24 heavy (non-hydrogen) atoms. The van der Waals surface area contributed by atoms with Crippen molar-refractivity contribution < 1.29 is 14.4 Å². The van der Waals surface area contributed by atoms with Crippen LogP contribution in [0.5, 0.6) is 0 Å². The number of hydrogen-bond donors (Lipinski definition) is 2. The van der Waals surface area contributed by atoms with Crippen molar-refractivity contribution in [1.29, 1.82) is 0 Å². The highest BCUT2D eigenvalue weighted by Crippen LogP contribution is 2.25. The Bertz CT molecular complexity index is 625. The second kappa shape index (κ2) is 8.08. The number of rotatable bonds is 5. The first kappa shape index (κ1) is 18.2. The lowest BCUT2D eigenvalue weighted by Gasteiger charge is -2.29. The van der Waals surface area contributed by atoms with Crippen LogP contribution < -0.4 is 10.6 Å². The topological polar surface area (TPSA) is 75.3 Å². The average Bonchev–Trinajstić information content (AvgIpc) is 2.54. The van der Waals surface area contributed by atoms with Gasteiger partial charge in [-0.15, -0.1) is 0 Å². The minimum Gasteiger partial charge on any atom is -0.354 e. The Hall–Kier alpha value is -2.17. The minimum atomic E-state index is -0.240. The number of Topliss-reactive ketones (excluding diaryl/α,β-unsaturated/α-hetero) is 1. The number of carbonyl (C=O) groups excluding carboxylic acids is 3. The van der Waals surface area contributed by atoms with Gasteiger partial charge in [-0.2, -0.15) is 0 Å². The van der Waals surface area contributed by atoms with Gasteiger partial charge >= 0.3 is 0 Å². The maximum Gasteiger partial charge on any atom is 0.252 e. The summed E-state index contributed by atoms with van der Waals surface area (Å²) in [6.07, 6.45) is 3.27. The van der Waals surface area contributed by atoms with E-state index in [9.17, 15) is 14.4 Å². The Kier molecular flexibility index (Phi) is 6.12. The first-order valence-electron chi connectivity index (χ1n) is 8.59. The zero-order valence-corrected chi connectivity index (χ0v) is 14.6. The van der Waals surface area contributed by atoms with Crippen LogP contribution in [0, 0.1) is 5.92 Å². The maximum absolute atomic E-state index is 12.5. The second-order valence-corrected chi connectivity index (χ2v) is 6.80. The number of hydrogen-bond acceptors (Lipinski definition) is 3. The molecule has 0 bridgehead atoms. The number of benzene rings is 1. The molecular weight excluding hydrogens is 304 g/mol. The van der Waals surface area contributed by atoms with E-state index >= 15 is 0 Å². The Balaban J connectivity index is 2.02. The van der Waals surface area contributed by atoms with Crippen LogP contribution in [-0.4, -0.2) is 29.7 Å². The number of nitrogens with one attached hydrogen (secondary N) is 2. The van der Waals surface area contributed by atoms with Gasteiger partial charge in [0.15, 0.2) is 5.78 Å². The SMILES string of the molecule is CC(=O)c1ccccc1C(=O)N[C@@H]1CCC[C@@H](C(=O)NC(C)C)C1. The Morgan fingerprint density at radius 3 is 2.38 bits per heavy atom. The fourth-order valence-electron chi connectivity index (χ4n) is 3.21. The molecule has 1 fully saturated rings. The van der Waals surface area contributed by atoms with Crippen molar-refractivity contribution in [3.63, 3.8) is 0 Å². The quantitative estimate of drug-likeness (QED) is 0.815. The molecule has 2 amide bonds. The van der Waals surface area contributed by atoms with Crippen molar-refractivity contribution in [2.24, 2.45) is 5.92 Å². The van der Waals surface area contributed by atoms with Gasteiger partial charge in [0, 0.05) is 23.6 Å². The first-order valence-corrected chi connectivity index (χ1v) is 8.59. The molecule has 0 saturated heterocycles. The fraction of sp³-hybridized carbons (Fsp3) is 0.526. The Labute approximate surface area is 143 Å². The summed E-state index contributed by atoms with van der Waals surface area (Å²) in [5.74, 6) is -0.364. The van der Waals surface area contributed by atoms with Crippen molar-refractivity contribution in [2.75, 3.05) is 0 Å². The van der Waals surface area contributed by atoms with E-state index in [1.165, 1.54) is 6.92 Å². The summed E-state index contributed by atoms with van der Waals surface area (Å²) in [7, 11) is 0. The Morgan fingerprint density at radius 2 is 1.75 bits per heavy atom. The van der Waals surface area contributed by atoms with Gasteiger partial charge in [0.1, 0.15) is 0 Å². The van der Waals surface area contributed by atoms with Gasteiger partial charge in [-0.1, -0.05) is 24.6 Å². The maximum atomic E-state index is 12.5. The fourth-order valence-corrected chi connectivity index (χ4v) is 3.21. The predicted octanol–water partition coefficient (Wildman–Crippen LogP) is 2.70. The molecule has 0 aliphatic heterocycles. The summed E-state index contributed by atoms with van der Waals surface area (Å²) in [5, 5.41) is 5.94. The molecule has 0 unspecified atom stereocenters. The summed E-state index contributed by atoms with van der Waals surface area (Å²) in [4.78, 5) is 36.4. The van der Waals surface area contributed by atoms with Crippen LogP contribution in [0.15, 0.2) is 24.3 Å². The second-order valence-electron chi connectivity index (χ2n) is 6.80. The highest BCUT2D eigenvalue weighted by atomic mass is 16.2. The molecular formula is C19H26N2O3. The molecule has 1 aliphatic carbocycles. The minimum absolute atomic E-state index is 0.0332. The molecule has 1 aliphatic rings. The number of amides is 2. The smallest absolute Gasteiger partial charge is 0.252 e. The molecule has 2 rings (SSSR count). The third kappa shape index (κ3) is 4.66. The van der Waals surface area contributed by atoms with Gasteiger partial charge in [0.05, 0.1) is 5.56 Å².